The third-order valence-corrected chi connectivity index (χ3v) is 15.1. The van der Waals surface area contributed by atoms with Gasteiger partial charge in [-0.25, -0.2) is 0 Å². The number of thiophene rings is 1. The zero-order chi connectivity index (χ0) is 39.8. The van der Waals surface area contributed by atoms with Crippen LogP contribution in [0.15, 0.2) is 146 Å². The molecule has 0 saturated carbocycles. The quantitative estimate of drug-likeness (QED) is 0.176. The summed E-state index contributed by atoms with van der Waals surface area (Å²) in [5.74, 6) is 0. The number of hydrogen-bond donors (Lipinski definition) is 1. The van der Waals surface area contributed by atoms with Gasteiger partial charge >= 0.3 is 0 Å². The zero-order valence-electron chi connectivity index (χ0n) is 34.3. The normalized spacial score (nSPS) is 15.1. The predicted octanol–water partition coefficient (Wildman–Crippen LogP) is 13.7. The number of benzene rings is 8. The number of nitrogens with one attached hydrogen (secondary N) is 1. The van der Waals surface area contributed by atoms with E-state index in [2.05, 4.69) is 190 Å². The molecule has 8 aromatic carbocycles. The van der Waals surface area contributed by atoms with E-state index in [1.54, 1.807) is 0 Å². The van der Waals surface area contributed by atoms with Crippen molar-refractivity contribution < 1.29 is 0 Å². The second-order valence-electron chi connectivity index (χ2n) is 18.5. The minimum Gasteiger partial charge on any atom is -0.355 e. The van der Waals surface area contributed by atoms with Crippen LogP contribution in [0.2, 0.25) is 0 Å². The van der Waals surface area contributed by atoms with E-state index in [4.69, 9.17) is 0 Å². The van der Waals surface area contributed by atoms with Gasteiger partial charge in [-0.3, -0.25) is 0 Å². The Balaban J connectivity index is 1.20. The van der Waals surface area contributed by atoms with Crippen molar-refractivity contribution in [3.05, 3.63) is 162 Å². The summed E-state index contributed by atoms with van der Waals surface area (Å²) in [6.45, 7) is 12.0. The van der Waals surface area contributed by atoms with Crippen molar-refractivity contribution >= 4 is 93.7 Å². The number of para-hydroxylation sites is 1. The van der Waals surface area contributed by atoms with Crippen molar-refractivity contribution in [2.24, 2.45) is 0 Å². The van der Waals surface area contributed by atoms with Crippen LogP contribution in [0.5, 0.6) is 0 Å². The minimum absolute atomic E-state index is 0.108. The van der Waals surface area contributed by atoms with E-state index >= 15 is 0 Å². The molecule has 1 N–H and O–H groups in total. The number of fused-ring (bicyclic) bond motifs is 11. The van der Waals surface area contributed by atoms with Crippen LogP contribution in [0, 0.1) is 6.92 Å². The molecule has 3 heterocycles. The minimum atomic E-state index is 0.108. The summed E-state index contributed by atoms with van der Waals surface area (Å²) >= 11 is 1.90. The first-order valence-electron chi connectivity index (χ1n) is 21.2. The molecule has 0 amide bonds. The summed E-state index contributed by atoms with van der Waals surface area (Å²) in [5, 5.41) is 12.0. The van der Waals surface area contributed by atoms with E-state index in [-0.39, 0.29) is 10.8 Å². The number of aromatic nitrogens is 1. The number of nitrogens with zero attached hydrogens (tertiary/aromatic N) is 1. The van der Waals surface area contributed by atoms with Crippen molar-refractivity contribution in [3.63, 3.8) is 0 Å². The predicted molar refractivity (Wildman–Crippen MR) is 258 cm³/mol. The van der Waals surface area contributed by atoms with Gasteiger partial charge < -0.3 is 9.88 Å². The Morgan fingerprint density at radius 2 is 1.29 bits per heavy atom. The molecule has 10 aromatic rings. The molecule has 2 aromatic heterocycles. The highest BCUT2D eigenvalue weighted by Gasteiger charge is 2.38. The Bertz CT molecular complexity index is 3400. The Hall–Kier alpha value is -6.10. The molecule has 0 atom stereocenters. The van der Waals surface area contributed by atoms with E-state index < -0.39 is 0 Å². The van der Waals surface area contributed by atoms with Crippen molar-refractivity contribution in [3.8, 4) is 27.9 Å². The Morgan fingerprint density at radius 3 is 2.12 bits per heavy atom. The summed E-state index contributed by atoms with van der Waals surface area (Å²) < 4.78 is 5.25. The monoisotopic (exact) mass is 776 g/mol. The second kappa shape index (κ2) is 12.5. The van der Waals surface area contributed by atoms with Crippen LogP contribution in [-0.2, 0) is 10.8 Å². The lowest BCUT2D eigenvalue weighted by Gasteiger charge is -2.42. The highest BCUT2D eigenvalue weighted by atomic mass is 32.1. The molecular formula is C55H45BN2S. The molecule has 0 bridgehead atoms. The first-order chi connectivity index (χ1) is 28.6. The van der Waals surface area contributed by atoms with Crippen LogP contribution >= 0.6 is 11.3 Å². The fraction of sp³-hybridized carbons (Fsp3) is 0.164. The fourth-order valence-electron chi connectivity index (χ4n) is 10.7. The maximum absolute atomic E-state index is 4.15. The molecule has 0 fully saturated rings. The highest BCUT2D eigenvalue weighted by Crippen LogP contribution is 2.50. The SMILES string of the molecule is Cc1cc2c(cc1Nc1ccc3sc4ccccc4c3c1-c1cc(-c3ccccc3)cc3c1Bc1cccc4c5ccc6ccccc6c5n-3c14)C(C)(C)CCC2(C)C. The van der Waals surface area contributed by atoms with E-state index in [0.29, 0.717) is 0 Å². The van der Waals surface area contributed by atoms with Gasteiger partial charge in [0.1, 0.15) is 0 Å². The first kappa shape index (κ1) is 34.9. The summed E-state index contributed by atoms with van der Waals surface area (Å²) in [5.41, 5.74) is 18.5. The largest absolute Gasteiger partial charge is 0.355 e. The maximum Gasteiger partial charge on any atom is 0.198 e. The van der Waals surface area contributed by atoms with Crippen molar-refractivity contribution in [2.45, 2.75) is 58.3 Å². The fourth-order valence-corrected chi connectivity index (χ4v) is 11.9. The summed E-state index contributed by atoms with van der Waals surface area (Å²) in [6, 6.07) is 55.1. The van der Waals surface area contributed by atoms with Gasteiger partial charge in [-0.1, -0.05) is 142 Å². The van der Waals surface area contributed by atoms with E-state index in [0.717, 1.165) is 13.0 Å². The Morgan fingerprint density at radius 1 is 0.576 bits per heavy atom. The lowest BCUT2D eigenvalue weighted by Crippen LogP contribution is -2.37. The first-order valence-corrected chi connectivity index (χ1v) is 22.0. The van der Waals surface area contributed by atoms with E-state index in [9.17, 15) is 0 Å². The summed E-state index contributed by atoms with van der Waals surface area (Å²) in [4.78, 5) is 0. The number of hydrogen-bond acceptors (Lipinski definition) is 2. The average Bonchev–Trinajstić information content (AvgIpc) is 3.81. The third-order valence-electron chi connectivity index (χ3n) is 14.0. The van der Waals surface area contributed by atoms with Crippen LogP contribution < -0.4 is 16.2 Å². The molecule has 4 heteroatoms. The number of anilines is 2. The molecular weight excluding hydrogens is 731 g/mol. The topological polar surface area (TPSA) is 17.0 Å². The number of aryl methyl sites for hydroxylation is 1. The van der Waals surface area contributed by atoms with Crippen molar-refractivity contribution in [1.29, 1.82) is 0 Å². The standard InChI is InChI=1S/C55H45BN2S/c1-32-28-41-42(55(4,5)27-26-54(41,2)3)31-45(32)57-44-24-25-48-50(39-18-11-12-21-47(39)59-48)49(44)40-29-35(33-14-7-6-8-15-33)30-46-51(40)56-43-20-13-19-37-38-23-22-34-16-9-10-17-36(34)52(38)58(46)53(37)43/h6-25,28-31,56-57H,26-27H2,1-5H3. The molecule has 12 rings (SSSR count). The molecule has 284 valence electrons. The van der Waals surface area contributed by atoms with Gasteiger partial charge in [0.2, 0.25) is 0 Å². The lowest BCUT2D eigenvalue weighted by atomic mass is 9.58. The van der Waals surface area contributed by atoms with Gasteiger partial charge in [-0.15, -0.1) is 11.3 Å². The summed E-state index contributed by atoms with van der Waals surface area (Å²) in [7, 11) is 0.852. The summed E-state index contributed by atoms with van der Waals surface area (Å²) in [6.07, 6.45) is 2.39. The molecule has 0 spiro atoms. The van der Waals surface area contributed by atoms with E-state index in [1.807, 2.05) is 11.3 Å². The Kier molecular flexibility index (Phi) is 7.37. The molecule has 0 unspecified atom stereocenters. The average molecular weight is 777 g/mol. The molecule has 2 nitrogen and oxygen atoms in total. The van der Waals surface area contributed by atoms with Gasteiger partial charge in [0.15, 0.2) is 7.28 Å². The van der Waals surface area contributed by atoms with Gasteiger partial charge in [0.05, 0.1) is 5.52 Å². The maximum atomic E-state index is 4.15. The van der Waals surface area contributed by atoms with Crippen molar-refractivity contribution in [2.75, 3.05) is 5.32 Å². The molecule has 59 heavy (non-hydrogen) atoms. The van der Waals surface area contributed by atoms with Crippen LogP contribution in [0.1, 0.15) is 57.2 Å². The zero-order valence-corrected chi connectivity index (χ0v) is 35.1. The highest BCUT2D eigenvalue weighted by molar-refractivity contribution is 7.26. The lowest BCUT2D eigenvalue weighted by molar-refractivity contribution is 0.332. The second-order valence-corrected chi connectivity index (χ2v) is 19.5. The van der Waals surface area contributed by atoms with Gasteiger partial charge in [0, 0.05) is 64.5 Å². The molecule has 2 aliphatic rings. The molecule has 1 aliphatic carbocycles. The van der Waals surface area contributed by atoms with Gasteiger partial charge in [-0.2, -0.15) is 0 Å². The molecule has 0 saturated heterocycles. The van der Waals surface area contributed by atoms with Gasteiger partial charge in [0.25, 0.3) is 0 Å². The molecule has 1 aliphatic heterocycles. The molecule has 0 radical (unpaired) electrons. The third kappa shape index (κ3) is 5.12. The van der Waals surface area contributed by atoms with E-state index in [1.165, 1.54) is 127 Å². The van der Waals surface area contributed by atoms with Crippen molar-refractivity contribution in [1.82, 2.24) is 4.57 Å². The van der Waals surface area contributed by atoms with Crippen LogP contribution in [-0.4, -0.2) is 11.8 Å². The Labute approximate surface area is 350 Å². The van der Waals surface area contributed by atoms with Crippen LogP contribution in [0.3, 0.4) is 0 Å². The van der Waals surface area contributed by atoms with Crippen LogP contribution in [0.4, 0.5) is 11.4 Å². The number of rotatable bonds is 4. The smallest absolute Gasteiger partial charge is 0.198 e. The van der Waals surface area contributed by atoms with Crippen LogP contribution in [0.25, 0.3) is 80.7 Å². The van der Waals surface area contributed by atoms with Gasteiger partial charge in [-0.05, 0) is 111 Å².